The lowest BCUT2D eigenvalue weighted by atomic mass is 9.81. The van der Waals surface area contributed by atoms with Crippen molar-refractivity contribution in [2.75, 3.05) is 5.73 Å². The summed E-state index contributed by atoms with van der Waals surface area (Å²) in [6.07, 6.45) is 4.94. The predicted molar refractivity (Wildman–Crippen MR) is 107 cm³/mol. The van der Waals surface area contributed by atoms with E-state index >= 15 is 0 Å². The fourth-order valence-corrected chi connectivity index (χ4v) is 4.30. The van der Waals surface area contributed by atoms with E-state index in [1.54, 1.807) is 0 Å². The van der Waals surface area contributed by atoms with Gasteiger partial charge in [0, 0.05) is 22.2 Å². The normalized spacial score (nSPS) is 24.3. The largest absolute Gasteiger partial charge is 0.398 e. The topological polar surface area (TPSA) is 52.0 Å². The molecule has 2 nitrogen and oxygen atoms in total. The van der Waals surface area contributed by atoms with Crippen LogP contribution in [0.2, 0.25) is 5.02 Å². The summed E-state index contributed by atoms with van der Waals surface area (Å²) in [4.78, 5) is -0.604. The first-order chi connectivity index (χ1) is 11.3. The summed E-state index contributed by atoms with van der Waals surface area (Å²) < 4.78 is 0. The van der Waals surface area contributed by atoms with Gasteiger partial charge in [-0.05, 0) is 47.6 Å². The Morgan fingerprint density at radius 1 is 1.12 bits per heavy atom. The first-order valence-corrected chi connectivity index (χ1v) is 9.53. The Kier molecular flexibility index (Phi) is 6.30. The molecular formula is C19H25Cl3N2. The molecule has 1 aromatic carbocycles. The molecule has 0 aromatic heterocycles. The molecule has 0 heterocycles. The number of allylic oxidation sites excluding steroid dienone is 2. The molecule has 0 amide bonds. The van der Waals surface area contributed by atoms with E-state index in [9.17, 15) is 0 Å². The average Bonchev–Trinajstić information content (AvgIpc) is 2.56. The molecule has 0 saturated carbocycles. The molecule has 1 aliphatic carbocycles. The summed E-state index contributed by atoms with van der Waals surface area (Å²) in [7, 11) is 0. The molecule has 132 valence electrons. The number of nitrogen functional groups attached to an aromatic ring is 1. The zero-order valence-electron chi connectivity index (χ0n) is 14.4. The summed E-state index contributed by atoms with van der Waals surface area (Å²) in [5.41, 5.74) is 17.1. The molecule has 0 saturated heterocycles. The first kappa shape index (κ1) is 19.7. The number of hydrogen-bond acceptors (Lipinski definition) is 2. The van der Waals surface area contributed by atoms with Crippen molar-refractivity contribution >= 4 is 40.5 Å². The average molecular weight is 388 g/mol. The van der Waals surface area contributed by atoms with Gasteiger partial charge in [0.05, 0.1) is 10.9 Å². The number of anilines is 1. The number of nitrogens with two attached hydrogens (primary N) is 2. The minimum absolute atomic E-state index is 0.265. The van der Waals surface area contributed by atoms with Crippen LogP contribution in [0, 0.1) is 0 Å². The Morgan fingerprint density at radius 3 is 2.33 bits per heavy atom. The maximum atomic E-state index is 6.79. The third kappa shape index (κ3) is 3.48. The smallest absolute Gasteiger partial charge is 0.0819 e. The monoisotopic (exact) mass is 386 g/mol. The van der Waals surface area contributed by atoms with Gasteiger partial charge in [-0.2, -0.15) is 0 Å². The second-order valence-corrected chi connectivity index (χ2v) is 7.72. The van der Waals surface area contributed by atoms with E-state index < -0.39 is 4.87 Å². The molecule has 24 heavy (non-hydrogen) atoms. The number of rotatable bonds is 5. The van der Waals surface area contributed by atoms with E-state index in [0.29, 0.717) is 11.4 Å². The van der Waals surface area contributed by atoms with Crippen molar-refractivity contribution in [2.24, 2.45) is 5.73 Å². The quantitative estimate of drug-likeness (QED) is 0.511. The van der Waals surface area contributed by atoms with Crippen LogP contribution >= 0.6 is 34.8 Å². The van der Waals surface area contributed by atoms with Crippen LogP contribution in [0.4, 0.5) is 5.69 Å². The fraction of sp³-hybridized carbons (Fsp3) is 0.474. The molecule has 0 bridgehead atoms. The molecule has 0 spiro atoms. The highest BCUT2D eigenvalue weighted by Crippen LogP contribution is 2.42. The third-order valence-electron chi connectivity index (χ3n) is 4.89. The van der Waals surface area contributed by atoms with Gasteiger partial charge in [-0.15, -0.1) is 11.6 Å². The van der Waals surface area contributed by atoms with E-state index in [0.717, 1.165) is 52.3 Å². The van der Waals surface area contributed by atoms with Gasteiger partial charge in [-0.25, -0.2) is 0 Å². The number of alkyl halides is 1. The van der Waals surface area contributed by atoms with Crippen molar-refractivity contribution in [1.29, 1.82) is 0 Å². The zero-order valence-corrected chi connectivity index (χ0v) is 16.7. The molecule has 0 aliphatic heterocycles. The van der Waals surface area contributed by atoms with Gasteiger partial charge in [-0.1, -0.05) is 56.1 Å². The van der Waals surface area contributed by atoms with Crippen molar-refractivity contribution in [1.82, 2.24) is 0 Å². The Hall–Kier alpha value is -0.670. The van der Waals surface area contributed by atoms with E-state index in [4.69, 9.17) is 46.3 Å². The van der Waals surface area contributed by atoms with Crippen molar-refractivity contribution in [3.05, 3.63) is 50.5 Å². The van der Waals surface area contributed by atoms with Gasteiger partial charge in [-0.3, -0.25) is 0 Å². The fourth-order valence-electron chi connectivity index (χ4n) is 3.29. The van der Waals surface area contributed by atoms with Crippen LogP contribution in [0.1, 0.15) is 44.7 Å². The first-order valence-electron chi connectivity index (χ1n) is 8.39. The van der Waals surface area contributed by atoms with E-state index in [-0.39, 0.29) is 6.04 Å². The van der Waals surface area contributed by atoms with Crippen molar-refractivity contribution < 1.29 is 0 Å². The van der Waals surface area contributed by atoms with Crippen molar-refractivity contribution in [3.63, 3.8) is 0 Å². The van der Waals surface area contributed by atoms with Gasteiger partial charge in [0.2, 0.25) is 0 Å². The van der Waals surface area contributed by atoms with Crippen molar-refractivity contribution in [2.45, 2.75) is 57.4 Å². The number of hydrogen-bond donors (Lipinski definition) is 2. The van der Waals surface area contributed by atoms with Gasteiger partial charge >= 0.3 is 0 Å². The molecule has 0 radical (unpaired) electrons. The molecule has 4 N–H and O–H groups in total. The van der Waals surface area contributed by atoms with Gasteiger partial charge in [0.25, 0.3) is 0 Å². The molecule has 2 atom stereocenters. The Bertz CT molecular complexity index is 694. The maximum absolute atomic E-state index is 6.79. The number of benzene rings is 1. The van der Waals surface area contributed by atoms with Crippen molar-refractivity contribution in [3.8, 4) is 0 Å². The summed E-state index contributed by atoms with van der Waals surface area (Å²) in [6.45, 7) is 6.14. The third-order valence-corrected chi connectivity index (χ3v) is 6.45. The van der Waals surface area contributed by atoms with E-state index in [2.05, 4.69) is 6.92 Å². The van der Waals surface area contributed by atoms with E-state index in [1.807, 2.05) is 32.1 Å². The van der Waals surface area contributed by atoms with Gasteiger partial charge in [0.15, 0.2) is 0 Å². The molecule has 1 aliphatic rings. The standard InChI is InChI=1S/C19H25Cl3N2/c1-4-13-15(23)8-7-11(16(13)20)9-12-10-19(22,6-3)18(24)14(5-2)17(12)21/h7-8,10,18H,4-6,9,23-24H2,1-3H3. The highest BCUT2D eigenvalue weighted by Gasteiger charge is 2.38. The predicted octanol–water partition coefficient (Wildman–Crippen LogP) is 5.58. The second kappa shape index (κ2) is 7.70. The molecule has 5 heteroatoms. The molecular weight excluding hydrogens is 363 g/mol. The maximum Gasteiger partial charge on any atom is 0.0819 e. The lowest BCUT2D eigenvalue weighted by molar-refractivity contribution is 0.550. The Labute approximate surface area is 159 Å². The lowest BCUT2D eigenvalue weighted by Gasteiger charge is -2.36. The molecule has 0 fully saturated rings. The molecule has 2 unspecified atom stereocenters. The van der Waals surface area contributed by atoms with Crippen LogP contribution in [0.15, 0.2) is 34.4 Å². The summed E-state index contributed by atoms with van der Waals surface area (Å²) in [5.74, 6) is 0. The minimum Gasteiger partial charge on any atom is -0.398 e. The van der Waals surface area contributed by atoms with Gasteiger partial charge < -0.3 is 11.5 Å². The summed E-state index contributed by atoms with van der Waals surface area (Å²) in [5, 5.41) is 1.44. The van der Waals surface area contributed by atoms with E-state index in [1.165, 1.54) is 0 Å². The number of halogens is 3. The Balaban J connectivity index is 2.48. The molecule has 2 rings (SSSR count). The Morgan fingerprint density at radius 2 is 1.79 bits per heavy atom. The minimum atomic E-state index is -0.604. The van der Waals surface area contributed by atoms with Crippen LogP contribution in [0.25, 0.3) is 0 Å². The van der Waals surface area contributed by atoms with Crippen LogP contribution in [-0.4, -0.2) is 10.9 Å². The van der Waals surface area contributed by atoms with Crippen LogP contribution in [0.3, 0.4) is 0 Å². The lowest BCUT2D eigenvalue weighted by Crippen LogP contribution is -2.45. The van der Waals surface area contributed by atoms with Gasteiger partial charge in [0.1, 0.15) is 0 Å². The highest BCUT2D eigenvalue weighted by atomic mass is 35.5. The second-order valence-electron chi connectivity index (χ2n) is 6.26. The SMILES string of the molecule is CCC1=C(Cl)C(Cc2ccc(N)c(CC)c2Cl)=CC(Cl)(CC)C1N. The molecule has 1 aromatic rings. The van der Waals surface area contributed by atoms with Crippen LogP contribution in [-0.2, 0) is 12.8 Å². The van der Waals surface area contributed by atoms with Crippen LogP contribution < -0.4 is 11.5 Å². The van der Waals surface area contributed by atoms with Crippen LogP contribution in [0.5, 0.6) is 0 Å². The highest BCUT2D eigenvalue weighted by molar-refractivity contribution is 6.34. The summed E-state index contributed by atoms with van der Waals surface area (Å²) >= 11 is 20.0. The zero-order chi connectivity index (χ0) is 18.1. The summed E-state index contributed by atoms with van der Waals surface area (Å²) in [6, 6.07) is 3.60.